The SMILES string of the molecule is CC(C)(C)OC(=O)N[C@@H](CC=NS(=O)(=O)CCC(n1nccn1)C(F)(F)F)C(=O)OC(C)(C)C. The third-order valence-corrected chi connectivity index (χ3v) is 4.92. The number of hydrogen-bond acceptors (Lipinski definition) is 8. The minimum absolute atomic E-state index is 0.378. The first kappa shape index (κ1) is 29.3. The number of alkyl halides is 3. The topological polar surface area (TPSA) is 142 Å². The molecule has 1 aromatic heterocycles. The zero-order valence-corrected chi connectivity index (χ0v) is 20.6. The van der Waals surface area contributed by atoms with E-state index in [1.165, 1.54) is 0 Å². The normalized spacial score (nSPS) is 15.1. The number of halogens is 3. The van der Waals surface area contributed by atoms with Crippen LogP contribution in [0.4, 0.5) is 18.0 Å². The second kappa shape index (κ2) is 11.1. The van der Waals surface area contributed by atoms with Gasteiger partial charge in [-0.2, -0.15) is 32.6 Å². The molecule has 1 heterocycles. The summed E-state index contributed by atoms with van der Waals surface area (Å²) in [5.41, 5.74) is -1.76. The third kappa shape index (κ3) is 11.4. The van der Waals surface area contributed by atoms with E-state index in [0.29, 0.717) is 4.80 Å². The van der Waals surface area contributed by atoms with E-state index in [9.17, 15) is 31.2 Å². The van der Waals surface area contributed by atoms with Gasteiger partial charge < -0.3 is 14.8 Å². The highest BCUT2D eigenvalue weighted by atomic mass is 32.2. The molecule has 1 N–H and O–H groups in total. The van der Waals surface area contributed by atoms with Crippen LogP contribution in [0.25, 0.3) is 0 Å². The highest BCUT2D eigenvalue weighted by molar-refractivity contribution is 7.90. The lowest BCUT2D eigenvalue weighted by Crippen LogP contribution is -2.46. The van der Waals surface area contributed by atoms with Crippen molar-refractivity contribution in [2.45, 2.75) is 83.8 Å². The average Bonchev–Trinajstić information content (AvgIpc) is 3.10. The molecular weight excluding hydrogens is 483 g/mol. The Balaban J connectivity index is 2.89. The Morgan fingerprint density at radius 2 is 1.59 bits per heavy atom. The van der Waals surface area contributed by atoms with Crippen molar-refractivity contribution in [3.63, 3.8) is 0 Å². The van der Waals surface area contributed by atoms with Crippen molar-refractivity contribution in [1.29, 1.82) is 0 Å². The Labute approximate surface area is 196 Å². The number of nitrogens with one attached hydrogen (secondary N) is 1. The first-order chi connectivity index (χ1) is 15.3. The number of carbonyl (C=O) groups excluding carboxylic acids is 2. The van der Waals surface area contributed by atoms with E-state index in [0.717, 1.165) is 18.6 Å². The summed E-state index contributed by atoms with van der Waals surface area (Å²) >= 11 is 0. The maximum atomic E-state index is 13.2. The van der Waals surface area contributed by atoms with Crippen LogP contribution in [0, 0.1) is 0 Å². The first-order valence-electron chi connectivity index (χ1n) is 10.2. The van der Waals surface area contributed by atoms with E-state index in [1.807, 2.05) is 0 Å². The predicted octanol–water partition coefficient (Wildman–Crippen LogP) is 2.80. The molecule has 1 rings (SSSR count). The molecule has 34 heavy (non-hydrogen) atoms. The second-order valence-electron chi connectivity index (χ2n) is 9.24. The Kier molecular flexibility index (Phi) is 9.61. The van der Waals surface area contributed by atoms with Crippen LogP contribution >= 0.6 is 0 Å². The molecule has 11 nitrogen and oxygen atoms in total. The fourth-order valence-corrected chi connectivity index (χ4v) is 3.35. The molecule has 0 spiro atoms. The number of sulfonamides is 1. The molecule has 0 aliphatic heterocycles. The highest BCUT2D eigenvalue weighted by Crippen LogP contribution is 2.32. The minimum atomic E-state index is -4.78. The van der Waals surface area contributed by atoms with Crippen molar-refractivity contribution in [3.05, 3.63) is 12.4 Å². The van der Waals surface area contributed by atoms with Crippen molar-refractivity contribution in [3.8, 4) is 0 Å². The van der Waals surface area contributed by atoms with Gasteiger partial charge in [0.15, 0.2) is 6.04 Å². The van der Waals surface area contributed by atoms with E-state index in [4.69, 9.17) is 9.47 Å². The number of amides is 1. The van der Waals surface area contributed by atoms with Gasteiger partial charge in [-0.15, -0.1) is 0 Å². The third-order valence-electron chi connectivity index (χ3n) is 3.70. The zero-order valence-electron chi connectivity index (χ0n) is 19.8. The average molecular weight is 514 g/mol. The van der Waals surface area contributed by atoms with Gasteiger partial charge in [-0.3, -0.25) is 0 Å². The summed E-state index contributed by atoms with van der Waals surface area (Å²) in [6.07, 6.45) is -4.10. The molecule has 194 valence electrons. The summed E-state index contributed by atoms with van der Waals surface area (Å²) in [7, 11) is -4.34. The van der Waals surface area contributed by atoms with E-state index in [-0.39, 0.29) is 0 Å². The van der Waals surface area contributed by atoms with E-state index < -0.39 is 70.1 Å². The fraction of sp³-hybridized carbons (Fsp3) is 0.737. The summed E-state index contributed by atoms with van der Waals surface area (Å²) in [5, 5.41) is 9.12. The maximum Gasteiger partial charge on any atom is 0.412 e. The Bertz CT molecular complexity index is 951. The number of aromatic nitrogens is 3. The van der Waals surface area contributed by atoms with Gasteiger partial charge in [-0.05, 0) is 48.0 Å². The van der Waals surface area contributed by atoms with E-state index >= 15 is 0 Å². The van der Waals surface area contributed by atoms with Crippen molar-refractivity contribution >= 4 is 28.3 Å². The second-order valence-corrected chi connectivity index (χ2v) is 11.0. The first-order valence-corrected chi connectivity index (χ1v) is 11.8. The number of carbonyl (C=O) groups is 2. The highest BCUT2D eigenvalue weighted by Gasteiger charge is 2.42. The van der Waals surface area contributed by atoms with Gasteiger partial charge in [-0.1, -0.05) is 0 Å². The molecule has 1 unspecified atom stereocenters. The summed E-state index contributed by atoms with van der Waals surface area (Å²) in [4.78, 5) is 24.9. The minimum Gasteiger partial charge on any atom is -0.458 e. The standard InChI is InChI=1S/C19H30F3N5O6S/c1-17(2,3)32-15(28)13(26-16(29)33-18(4,5)6)7-9-25-34(30,31)12-8-14(19(20,21)22)27-23-10-11-24-27/h9-11,13-14H,7-8,12H2,1-6H3,(H,26,29)/t13-,14?/m0/s1. The van der Waals surface area contributed by atoms with Gasteiger partial charge in [0.2, 0.25) is 0 Å². The maximum absolute atomic E-state index is 13.2. The molecule has 0 saturated heterocycles. The molecule has 0 aliphatic rings. The van der Waals surface area contributed by atoms with E-state index in [1.54, 1.807) is 41.5 Å². The molecule has 0 bridgehead atoms. The molecule has 0 radical (unpaired) electrons. The van der Waals surface area contributed by atoms with Crippen molar-refractivity contribution in [2.75, 3.05) is 5.75 Å². The molecule has 1 aromatic rings. The van der Waals surface area contributed by atoms with Crippen LogP contribution in [0.5, 0.6) is 0 Å². The molecule has 15 heteroatoms. The van der Waals surface area contributed by atoms with Crippen LogP contribution < -0.4 is 5.32 Å². The zero-order chi connectivity index (χ0) is 26.4. The van der Waals surface area contributed by atoms with Gasteiger partial charge in [0, 0.05) is 12.6 Å². The van der Waals surface area contributed by atoms with Crippen LogP contribution in [-0.2, 0) is 24.3 Å². The predicted molar refractivity (Wildman–Crippen MR) is 116 cm³/mol. The number of nitrogens with zero attached hydrogens (tertiary/aromatic N) is 4. The Morgan fingerprint density at radius 3 is 2.06 bits per heavy atom. The van der Waals surface area contributed by atoms with Gasteiger partial charge in [-0.25, -0.2) is 18.0 Å². The summed E-state index contributed by atoms with van der Waals surface area (Å²) < 4.78 is 77.7. The molecule has 0 aromatic carbocycles. The van der Waals surface area contributed by atoms with Gasteiger partial charge in [0.25, 0.3) is 10.0 Å². The van der Waals surface area contributed by atoms with Gasteiger partial charge in [0.1, 0.15) is 17.2 Å². The van der Waals surface area contributed by atoms with Crippen LogP contribution in [0.15, 0.2) is 16.8 Å². The van der Waals surface area contributed by atoms with Crippen LogP contribution in [0.1, 0.15) is 60.4 Å². The van der Waals surface area contributed by atoms with Crippen molar-refractivity contribution < 1.29 is 40.7 Å². The lowest BCUT2D eigenvalue weighted by molar-refractivity contribution is -0.173. The monoisotopic (exact) mass is 513 g/mol. The number of hydrogen-bond donors (Lipinski definition) is 1. The van der Waals surface area contributed by atoms with Crippen LogP contribution in [-0.4, -0.2) is 70.9 Å². The number of ether oxygens (including phenoxy) is 2. The number of alkyl carbamates (subject to hydrolysis) is 1. The van der Waals surface area contributed by atoms with E-state index in [2.05, 4.69) is 19.9 Å². The lowest BCUT2D eigenvalue weighted by Gasteiger charge is -2.25. The molecule has 0 saturated carbocycles. The fourth-order valence-electron chi connectivity index (χ4n) is 2.41. The summed E-state index contributed by atoms with van der Waals surface area (Å²) in [6, 6.07) is -3.60. The molecule has 0 fully saturated rings. The van der Waals surface area contributed by atoms with Crippen molar-refractivity contribution in [2.24, 2.45) is 4.40 Å². The number of esters is 1. The number of rotatable bonds is 9. The Morgan fingerprint density at radius 1 is 1.06 bits per heavy atom. The largest absolute Gasteiger partial charge is 0.458 e. The molecular formula is C19H30F3N5O6S. The summed E-state index contributed by atoms with van der Waals surface area (Å²) in [6.45, 7) is 9.61. The van der Waals surface area contributed by atoms with Crippen molar-refractivity contribution in [1.82, 2.24) is 20.3 Å². The van der Waals surface area contributed by atoms with Gasteiger partial charge in [0.05, 0.1) is 18.1 Å². The smallest absolute Gasteiger partial charge is 0.412 e. The Hall–Kier alpha value is -2.71. The molecule has 1 amide bonds. The van der Waals surface area contributed by atoms with Gasteiger partial charge >= 0.3 is 18.2 Å². The lowest BCUT2D eigenvalue weighted by atomic mass is 10.1. The summed E-state index contributed by atoms with van der Waals surface area (Å²) in [5.74, 6) is -1.82. The quantitative estimate of drug-likeness (QED) is 0.392. The molecule has 2 atom stereocenters. The van der Waals surface area contributed by atoms with Crippen LogP contribution in [0.3, 0.4) is 0 Å². The van der Waals surface area contributed by atoms with Crippen LogP contribution in [0.2, 0.25) is 0 Å². The molecule has 0 aliphatic carbocycles.